The summed E-state index contributed by atoms with van der Waals surface area (Å²) < 4.78 is 5.34. The third-order valence-electron chi connectivity index (χ3n) is 3.41. The molecule has 0 aromatic carbocycles. The molecule has 0 radical (unpaired) electrons. The fraction of sp³-hybridized carbons (Fsp3) is 0.643. The molecule has 0 amide bonds. The quantitative estimate of drug-likeness (QED) is 0.526. The van der Waals surface area contributed by atoms with Gasteiger partial charge in [-0.05, 0) is 50.0 Å². The second-order valence-corrected chi connectivity index (χ2v) is 4.78. The Bertz CT molecular complexity index is 315. The molecule has 2 unspecified atom stereocenters. The van der Waals surface area contributed by atoms with Crippen molar-refractivity contribution in [3.05, 3.63) is 23.8 Å². The van der Waals surface area contributed by atoms with Gasteiger partial charge >= 0.3 is 5.97 Å². The SMILES string of the molecule is CC(=O)OC1CCCC1=CC1CC=CCC1. The average Bonchev–Trinajstić information content (AvgIpc) is 2.66. The van der Waals surface area contributed by atoms with Crippen molar-refractivity contribution in [1.82, 2.24) is 0 Å². The van der Waals surface area contributed by atoms with Crippen LogP contribution in [0.2, 0.25) is 0 Å². The molecule has 16 heavy (non-hydrogen) atoms. The summed E-state index contributed by atoms with van der Waals surface area (Å²) in [7, 11) is 0. The molecule has 2 aliphatic rings. The summed E-state index contributed by atoms with van der Waals surface area (Å²) in [5.74, 6) is 0.512. The van der Waals surface area contributed by atoms with Crippen LogP contribution in [-0.4, -0.2) is 12.1 Å². The predicted molar refractivity (Wildman–Crippen MR) is 64.0 cm³/mol. The maximum absolute atomic E-state index is 11.0. The van der Waals surface area contributed by atoms with Gasteiger partial charge in [-0.3, -0.25) is 4.79 Å². The first kappa shape index (κ1) is 11.4. The predicted octanol–water partition coefficient (Wildman–Crippen LogP) is 3.38. The second kappa shape index (κ2) is 5.33. The van der Waals surface area contributed by atoms with E-state index < -0.39 is 0 Å². The van der Waals surface area contributed by atoms with Crippen molar-refractivity contribution in [3.8, 4) is 0 Å². The maximum Gasteiger partial charge on any atom is 0.303 e. The summed E-state index contributed by atoms with van der Waals surface area (Å²) in [6.45, 7) is 1.50. The van der Waals surface area contributed by atoms with E-state index in [1.807, 2.05) is 0 Å². The average molecular weight is 220 g/mol. The molecule has 2 rings (SSSR count). The number of esters is 1. The first-order valence-electron chi connectivity index (χ1n) is 6.28. The number of ether oxygens (including phenoxy) is 1. The van der Waals surface area contributed by atoms with E-state index in [0.29, 0.717) is 5.92 Å². The van der Waals surface area contributed by atoms with Crippen molar-refractivity contribution < 1.29 is 9.53 Å². The lowest BCUT2D eigenvalue weighted by Gasteiger charge is -2.17. The number of allylic oxidation sites excluding steroid dienone is 3. The minimum atomic E-state index is -0.152. The molecule has 0 aliphatic heterocycles. The highest BCUT2D eigenvalue weighted by Gasteiger charge is 2.24. The van der Waals surface area contributed by atoms with Gasteiger partial charge in [-0.2, -0.15) is 0 Å². The summed E-state index contributed by atoms with van der Waals surface area (Å²) in [5.41, 5.74) is 1.36. The van der Waals surface area contributed by atoms with Crippen molar-refractivity contribution in [2.24, 2.45) is 5.92 Å². The normalized spacial score (nSPS) is 31.9. The molecular formula is C14H20O2. The summed E-state index contributed by atoms with van der Waals surface area (Å²) in [6, 6.07) is 0. The van der Waals surface area contributed by atoms with Gasteiger partial charge in [0.25, 0.3) is 0 Å². The van der Waals surface area contributed by atoms with Gasteiger partial charge in [0.15, 0.2) is 0 Å². The largest absolute Gasteiger partial charge is 0.458 e. The zero-order valence-electron chi connectivity index (χ0n) is 9.95. The number of carbonyl (C=O) groups is 1. The molecule has 0 aromatic rings. The Labute approximate surface area is 97.4 Å². The van der Waals surface area contributed by atoms with Gasteiger partial charge in [0, 0.05) is 6.92 Å². The Balaban J connectivity index is 1.98. The minimum Gasteiger partial charge on any atom is -0.458 e. The standard InChI is InChI=1S/C14H20O2/c1-11(15)16-14-9-5-8-13(14)10-12-6-3-2-4-7-12/h2-3,10,12,14H,4-9H2,1H3. The fourth-order valence-electron chi connectivity index (χ4n) is 2.63. The number of hydrogen-bond donors (Lipinski definition) is 0. The molecule has 1 saturated carbocycles. The summed E-state index contributed by atoms with van der Waals surface area (Å²) in [5, 5.41) is 0. The molecule has 0 aromatic heterocycles. The number of carbonyl (C=O) groups excluding carboxylic acids is 1. The van der Waals surface area contributed by atoms with E-state index in [0.717, 1.165) is 25.7 Å². The van der Waals surface area contributed by atoms with Gasteiger partial charge in [0.05, 0.1) is 0 Å². The van der Waals surface area contributed by atoms with Crippen LogP contribution in [0.1, 0.15) is 45.4 Å². The molecule has 0 bridgehead atoms. The Morgan fingerprint density at radius 2 is 2.31 bits per heavy atom. The molecule has 0 N–H and O–H groups in total. The molecular weight excluding hydrogens is 200 g/mol. The highest BCUT2D eigenvalue weighted by molar-refractivity contribution is 5.66. The van der Waals surface area contributed by atoms with Gasteiger partial charge in [0.1, 0.15) is 6.10 Å². The monoisotopic (exact) mass is 220 g/mol. The Kier molecular flexibility index (Phi) is 3.81. The molecule has 2 atom stereocenters. The van der Waals surface area contributed by atoms with Crippen LogP contribution in [0.15, 0.2) is 23.8 Å². The van der Waals surface area contributed by atoms with Crippen LogP contribution in [-0.2, 0) is 9.53 Å². The molecule has 88 valence electrons. The zero-order valence-corrected chi connectivity index (χ0v) is 9.95. The molecule has 2 aliphatic carbocycles. The first-order chi connectivity index (χ1) is 7.75. The highest BCUT2D eigenvalue weighted by atomic mass is 16.5. The number of hydrogen-bond acceptors (Lipinski definition) is 2. The summed E-state index contributed by atoms with van der Waals surface area (Å²) in [4.78, 5) is 11.0. The summed E-state index contributed by atoms with van der Waals surface area (Å²) >= 11 is 0. The molecule has 0 heterocycles. The van der Waals surface area contributed by atoms with Crippen LogP contribution < -0.4 is 0 Å². The van der Waals surface area contributed by atoms with Crippen molar-refractivity contribution >= 4 is 5.97 Å². The lowest BCUT2D eigenvalue weighted by atomic mass is 9.91. The van der Waals surface area contributed by atoms with E-state index in [4.69, 9.17) is 4.74 Å². The van der Waals surface area contributed by atoms with Crippen LogP contribution in [0.3, 0.4) is 0 Å². The van der Waals surface area contributed by atoms with Crippen LogP contribution in [0, 0.1) is 5.92 Å². The van der Waals surface area contributed by atoms with Crippen LogP contribution in [0.25, 0.3) is 0 Å². The van der Waals surface area contributed by atoms with E-state index in [-0.39, 0.29) is 12.1 Å². The minimum absolute atomic E-state index is 0.0726. The van der Waals surface area contributed by atoms with Crippen LogP contribution in [0.4, 0.5) is 0 Å². The van der Waals surface area contributed by atoms with Crippen LogP contribution >= 0.6 is 0 Å². The Morgan fingerprint density at radius 3 is 3.00 bits per heavy atom. The van der Waals surface area contributed by atoms with Gasteiger partial charge in [-0.25, -0.2) is 0 Å². The van der Waals surface area contributed by atoms with Crippen molar-refractivity contribution in [2.75, 3.05) is 0 Å². The van der Waals surface area contributed by atoms with Gasteiger partial charge in [-0.1, -0.05) is 18.2 Å². The van der Waals surface area contributed by atoms with Crippen molar-refractivity contribution in [2.45, 2.75) is 51.6 Å². The first-order valence-corrected chi connectivity index (χ1v) is 6.28. The Hall–Kier alpha value is -1.05. The van der Waals surface area contributed by atoms with Crippen LogP contribution in [0.5, 0.6) is 0 Å². The highest BCUT2D eigenvalue weighted by Crippen LogP contribution is 2.31. The van der Waals surface area contributed by atoms with E-state index in [1.165, 1.54) is 25.3 Å². The fourth-order valence-corrected chi connectivity index (χ4v) is 2.63. The molecule has 1 fully saturated rings. The topological polar surface area (TPSA) is 26.3 Å². The third-order valence-corrected chi connectivity index (χ3v) is 3.41. The lowest BCUT2D eigenvalue weighted by molar-refractivity contribution is -0.144. The molecule has 2 nitrogen and oxygen atoms in total. The lowest BCUT2D eigenvalue weighted by Crippen LogP contribution is -2.15. The van der Waals surface area contributed by atoms with Crippen molar-refractivity contribution in [1.29, 1.82) is 0 Å². The van der Waals surface area contributed by atoms with Crippen molar-refractivity contribution in [3.63, 3.8) is 0 Å². The maximum atomic E-state index is 11.0. The molecule has 0 spiro atoms. The smallest absolute Gasteiger partial charge is 0.303 e. The van der Waals surface area contributed by atoms with E-state index in [9.17, 15) is 4.79 Å². The Morgan fingerprint density at radius 1 is 1.44 bits per heavy atom. The summed E-state index contributed by atoms with van der Waals surface area (Å²) in [6.07, 6.45) is 13.8. The van der Waals surface area contributed by atoms with E-state index in [1.54, 1.807) is 0 Å². The zero-order chi connectivity index (χ0) is 11.4. The van der Waals surface area contributed by atoms with E-state index in [2.05, 4.69) is 18.2 Å². The second-order valence-electron chi connectivity index (χ2n) is 4.78. The molecule has 0 saturated heterocycles. The molecule has 2 heteroatoms. The third kappa shape index (κ3) is 2.97. The van der Waals surface area contributed by atoms with Gasteiger partial charge in [-0.15, -0.1) is 0 Å². The van der Waals surface area contributed by atoms with E-state index >= 15 is 0 Å². The van der Waals surface area contributed by atoms with Gasteiger partial charge < -0.3 is 4.74 Å². The number of rotatable bonds is 2. The van der Waals surface area contributed by atoms with Gasteiger partial charge in [0.2, 0.25) is 0 Å².